The predicted molar refractivity (Wildman–Crippen MR) is 149 cm³/mol. The molecule has 0 radical (unpaired) electrons. The second-order valence-corrected chi connectivity index (χ2v) is 9.59. The summed E-state index contributed by atoms with van der Waals surface area (Å²) >= 11 is 0. The number of para-hydroxylation sites is 2. The van der Waals surface area contributed by atoms with Gasteiger partial charge >= 0.3 is 0 Å². The maximum atomic E-state index is 13.3. The van der Waals surface area contributed by atoms with Crippen LogP contribution >= 0.6 is 0 Å². The molecule has 2 N–H and O–H groups in total. The molecule has 1 fully saturated rings. The Morgan fingerprint density at radius 3 is 2.19 bits per heavy atom. The molecule has 0 spiro atoms. The van der Waals surface area contributed by atoms with Crippen molar-refractivity contribution in [3.8, 4) is 0 Å². The summed E-state index contributed by atoms with van der Waals surface area (Å²) in [5, 5.41) is 7.07. The van der Waals surface area contributed by atoms with E-state index in [1.54, 1.807) is 12.1 Å². The molecule has 190 valence electrons. The van der Waals surface area contributed by atoms with Crippen molar-refractivity contribution >= 4 is 45.0 Å². The molecule has 0 saturated carbocycles. The minimum atomic E-state index is -0.662. The molecule has 37 heavy (non-hydrogen) atoms. The maximum Gasteiger partial charge on any atom is 0.246 e. The van der Waals surface area contributed by atoms with Gasteiger partial charge in [-0.1, -0.05) is 43.7 Å². The first-order valence-corrected chi connectivity index (χ1v) is 13.0. The molecule has 7 nitrogen and oxygen atoms in total. The van der Waals surface area contributed by atoms with Crippen LogP contribution in [0.3, 0.4) is 0 Å². The third kappa shape index (κ3) is 5.21. The summed E-state index contributed by atoms with van der Waals surface area (Å²) in [5.41, 5.74) is 3.15. The van der Waals surface area contributed by atoms with Crippen LogP contribution in [-0.2, 0) is 16.1 Å². The molecule has 1 aromatic heterocycles. The van der Waals surface area contributed by atoms with E-state index in [1.807, 2.05) is 66.1 Å². The molecule has 1 unspecified atom stereocenters. The molecule has 1 atom stereocenters. The quantitative estimate of drug-likeness (QED) is 0.347. The van der Waals surface area contributed by atoms with Crippen LogP contribution in [0.4, 0.5) is 11.4 Å². The van der Waals surface area contributed by atoms with Crippen LogP contribution in [0, 0.1) is 0 Å². The topological polar surface area (TPSA) is 83.4 Å². The zero-order valence-electron chi connectivity index (χ0n) is 21.1. The van der Waals surface area contributed by atoms with Crippen molar-refractivity contribution in [1.29, 1.82) is 0 Å². The van der Waals surface area contributed by atoms with E-state index < -0.39 is 6.04 Å². The third-order valence-corrected chi connectivity index (χ3v) is 6.99. The van der Waals surface area contributed by atoms with Gasteiger partial charge in [0.2, 0.25) is 11.8 Å². The smallest absolute Gasteiger partial charge is 0.246 e. The lowest BCUT2D eigenvalue weighted by Crippen LogP contribution is -2.45. The van der Waals surface area contributed by atoms with Gasteiger partial charge in [-0.25, -0.2) is 0 Å². The zero-order chi connectivity index (χ0) is 25.8. The lowest BCUT2D eigenvalue weighted by Gasteiger charge is -2.21. The number of anilines is 2. The van der Waals surface area contributed by atoms with Crippen molar-refractivity contribution in [2.24, 2.45) is 0 Å². The second kappa shape index (κ2) is 10.9. The minimum Gasteiger partial charge on any atom is -0.371 e. The van der Waals surface area contributed by atoms with Crippen LogP contribution in [0.1, 0.15) is 32.6 Å². The molecule has 1 aliphatic heterocycles. The fourth-order valence-corrected chi connectivity index (χ4v) is 5.17. The van der Waals surface area contributed by atoms with Gasteiger partial charge in [0.25, 0.3) is 0 Å². The number of hydrogen-bond acceptors (Lipinski definition) is 4. The Hall–Kier alpha value is -4.13. The van der Waals surface area contributed by atoms with Crippen LogP contribution in [-0.4, -0.2) is 35.5 Å². The molecule has 2 heterocycles. The number of nitrogens with zero attached hydrogens (tertiary/aromatic N) is 2. The molecule has 4 aromatic rings. The molecule has 2 amide bonds. The number of carbonyl (C=O) groups is 2. The number of fused-ring (bicyclic) bond motifs is 2. The number of nitrogens with one attached hydrogen (secondary N) is 2. The summed E-state index contributed by atoms with van der Waals surface area (Å²) in [6, 6.07) is 21.8. The molecule has 5 rings (SSSR count). The summed E-state index contributed by atoms with van der Waals surface area (Å²) in [4.78, 5) is 41.8. The van der Waals surface area contributed by atoms with Gasteiger partial charge in [0.15, 0.2) is 5.43 Å². The fraction of sp³-hybridized carbons (Fsp3) is 0.300. The van der Waals surface area contributed by atoms with Crippen molar-refractivity contribution in [1.82, 2.24) is 9.88 Å². The van der Waals surface area contributed by atoms with Crippen LogP contribution in [0.5, 0.6) is 0 Å². The summed E-state index contributed by atoms with van der Waals surface area (Å²) in [6.07, 6.45) is 3.63. The molecule has 1 saturated heterocycles. The lowest BCUT2D eigenvalue weighted by molar-refractivity contribution is -0.127. The monoisotopic (exact) mass is 496 g/mol. The van der Waals surface area contributed by atoms with E-state index in [9.17, 15) is 14.4 Å². The van der Waals surface area contributed by atoms with Crippen LogP contribution in [0.25, 0.3) is 21.8 Å². The first kappa shape index (κ1) is 24.6. The SMILES string of the molecule is CCCC(NC(=O)Cn1c2ccccc2c(=O)c2ccccc21)C(=O)Nc1cccc(N2CCCC2)c1. The molecule has 3 aromatic carbocycles. The average molecular weight is 497 g/mol. The molecular weight excluding hydrogens is 464 g/mol. The lowest BCUT2D eigenvalue weighted by atomic mass is 10.1. The highest BCUT2D eigenvalue weighted by molar-refractivity contribution is 5.98. The van der Waals surface area contributed by atoms with Gasteiger partial charge in [-0.05, 0) is 61.7 Å². The Morgan fingerprint density at radius 1 is 0.892 bits per heavy atom. The van der Waals surface area contributed by atoms with E-state index in [0.717, 1.165) is 30.9 Å². The van der Waals surface area contributed by atoms with Crippen molar-refractivity contribution in [3.05, 3.63) is 83.0 Å². The van der Waals surface area contributed by atoms with Crippen LogP contribution < -0.4 is 21.0 Å². The first-order chi connectivity index (χ1) is 18.0. The molecular formula is C30H32N4O3. The predicted octanol–water partition coefficient (Wildman–Crippen LogP) is 4.68. The van der Waals surface area contributed by atoms with Crippen molar-refractivity contribution in [2.75, 3.05) is 23.3 Å². The number of pyridine rings is 1. The van der Waals surface area contributed by atoms with E-state index in [1.165, 1.54) is 12.8 Å². The van der Waals surface area contributed by atoms with Gasteiger partial charge in [0, 0.05) is 35.2 Å². The van der Waals surface area contributed by atoms with Crippen molar-refractivity contribution < 1.29 is 9.59 Å². The highest BCUT2D eigenvalue weighted by Crippen LogP contribution is 2.24. The Bertz CT molecular complexity index is 1440. The Balaban J connectivity index is 1.36. The number of hydrogen-bond donors (Lipinski definition) is 2. The number of carbonyl (C=O) groups excluding carboxylic acids is 2. The molecule has 0 bridgehead atoms. The second-order valence-electron chi connectivity index (χ2n) is 9.59. The highest BCUT2D eigenvalue weighted by Gasteiger charge is 2.22. The van der Waals surface area contributed by atoms with Gasteiger partial charge in [-0.3, -0.25) is 14.4 Å². The average Bonchev–Trinajstić information content (AvgIpc) is 3.46. The number of rotatable bonds is 8. The summed E-state index contributed by atoms with van der Waals surface area (Å²) in [6.45, 7) is 4.04. The number of aromatic nitrogens is 1. The first-order valence-electron chi connectivity index (χ1n) is 13.0. The largest absolute Gasteiger partial charge is 0.371 e. The van der Waals surface area contributed by atoms with Gasteiger partial charge in [0.1, 0.15) is 12.6 Å². The Labute approximate surface area is 216 Å². The van der Waals surface area contributed by atoms with E-state index >= 15 is 0 Å². The normalized spacial score (nSPS) is 14.1. The highest BCUT2D eigenvalue weighted by atomic mass is 16.2. The van der Waals surface area contributed by atoms with Gasteiger partial charge < -0.3 is 20.1 Å². The molecule has 0 aliphatic carbocycles. The fourth-order valence-electron chi connectivity index (χ4n) is 5.17. The molecule has 1 aliphatic rings. The van der Waals surface area contributed by atoms with E-state index in [2.05, 4.69) is 21.6 Å². The minimum absolute atomic E-state index is 0.000748. The summed E-state index contributed by atoms with van der Waals surface area (Å²) in [7, 11) is 0. The van der Waals surface area contributed by atoms with E-state index in [0.29, 0.717) is 28.2 Å². The van der Waals surface area contributed by atoms with E-state index in [4.69, 9.17) is 0 Å². The molecule has 7 heteroatoms. The van der Waals surface area contributed by atoms with Crippen LogP contribution in [0.2, 0.25) is 0 Å². The standard InChI is InChI=1S/C30H32N4O3/c1-2-10-25(30(37)31-21-11-9-12-22(19-21)33-17-7-8-18-33)32-28(35)20-34-26-15-5-3-13-23(26)29(36)24-14-4-6-16-27(24)34/h3-6,9,11-16,19,25H,2,7-8,10,17-18,20H2,1H3,(H,31,37)(H,32,35). The van der Waals surface area contributed by atoms with E-state index in [-0.39, 0.29) is 23.8 Å². The van der Waals surface area contributed by atoms with Gasteiger partial charge in [-0.15, -0.1) is 0 Å². The van der Waals surface area contributed by atoms with Crippen LogP contribution in [0.15, 0.2) is 77.6 Å². The summed E-state index contributed by atoms with van der Waals surface area (Å²) in [5.74, 6) is -0.512. The van der Waals surface area contributed by atoms with Crippen molar-refractivity contribution in [3.63, 3.8) is 0 Å². The Morgan fingerprint density at radius 2 is 1.54 bits per heavy atom. The third-order valence-electron chi connectivity index (χ3n) is 6.99. The number of amides is 2. The van der Waals surface area contributed by atoms with Crippen molar-refractivity contribution in [2.45, 2.75) is 45.2 Å². The Kier molecular flexibility index (Phi) is 7.21. The van der Waals surface area contributed by atoms with Gasteiger partial charge in [-0.2, -0.15) is 0 Å². The number of benzene rings is 3. The zero-order valence-corrected chi connectivity index (χ0v) is 21.1. The maximum absolute atomic E-state index is 13.3. The van der Waals surface area contributed by atoms with Gasteiger partial charge in [0.05, 0.1) is 11.0 Å². The summed E-state index contributed by atoms with van der Waals surface area (Å²) < 4.78 is 1.85.